The van der Waals surface area contributed by atoms with E-state index in [0.29, 0.717) is 0 Å². The van der Waals surface area contributed by atoms with E-state index in [2.05, 4.69) is 43.1 Å². The molecule has 92 valence electrons. The lowest BCUT2D eigenvalue weighted by atomic mass is 9.72. The van der Waals surface area contributed by atoms with E-state index in [1.54, 1.807) is 0 Å². The van der Waals surface area contributed by atoms with Crippen LogP contribution in [-0.4, -0.2) is 6.54 Å². The van der Waals surface area contributed by atoms with E-state index < -0.39 is 0 Å². The summed E-state index contributed by atoms with van der Waals surface area (Å²) in [5.74, 6) is 1.76. The van der Waals surface area contributed by atoms with Crippen molar-refractivity contribution in [3.63, 3.8) is 0 Å². The van der Waals surface area contributed by atoms with Crippen LogP contribution in [0.1, 0.15) is 43.2 Å². The summed E-state index contributed by atoms with van der Waals surface area (Å²) in [6.07, 6.45) is 5.74. The predicted octanol–water partition coefficient (Wildman–Crippen LogP) is 3.87. The molecule has 1 aliphatic rings. The van der Waals surface area contributed by atoms with Crippen LogP contribution < -0.4 is 5.32 Å². The van der Waals surface area contributed by atoms with Gasteiger partial charge in [0.25, 0.3) is 0 Å². The molecule has 0 atom stereocenters. The fourth-order valence-corrected chi connectivity index (χ4v) is 2.52. The van der Waals surface area contributed by atoms with Gasteiger partial charge in [-0.2, -0.15) is 0 Å². The van der Waals surface area contributed by atoms with Crippen LogP contribution in [0.3, 0.4) is 0 Å². The predicted molar refractivity (Wildman–Crippen MR) is 74.1 cm³/mol. The molecule has 0 aliphatic heterocycles. The Morgan fingerprint density at radius 1 is 1.29 bits per heavy atom. The van der Waals surface area contributed by atoms with E-state index in [9.17, 15) is 0 Å². The molecule has 0 heterocycles. The lowest BCUT2D eigenvalue weighted by molar-refractivity contribution is 0.288. The monoisotopic (exact) mass is 229 g/mol. The fraction of sp³-hybridized carbons (Fsp3) is 0.500. The summed E-state index contributed by atoms with van der Waals surface area (Å²) in [6.45, 7) is 8.05. The van der Waals surface area contributed by atoms with Crippen LogP contribution in [-0.2, 0) is 6.54 Å². The Morgan fingerprint density at radius 3 is 2.59 bits per heavy atom. The zero-order chi connectivity index (χ0) is 12.1. The average molecular weight is 229 g/mol. The van der Waals surface area contributed by atoms with E-state index in [1.807, 2.05) is 6.08 Å². The van der Waals surface area contributed by atoms with Crippen LogP contribution >= 0.6 is 0 Å². The van der Waals surface area contributed by atoms with Crippen molar-refractivity contribution in [3.8, 4) is 0 Å². The van der Waals surface area contributed by atoms with Crippen molar-refractivity contribution in [2.24, 2.45) is 5.92 Å². The fourth-order valence-electron chi connectivity index (χ4n) is 2.52. The van der Waals surface area contributed by atoms with Gasteiger partial charge in [-0.25, -0.2) is 0 Å². The van der Waals surface area contributed by atoms with Gasteiger partial charge in [-0.1, -0.05) is 37.3 Å². The third kappa shape index (κ3) is 3.44. The minimum absolute atomic E-state index is 0.827. The second kappa shape index (κ2) is 6.02. The van der Waals surface area contributed by atoms with E-state index in [4.69, 9.17) is 0 Å². The summed E-state index contributed by atoms with van der Waals surface area (Å²) in [7, 11) is 0. The van der Waals surface area contributed by atoms with Crippen LogP contribution in [0.5, 0.6) is 0 Å². The summed E-state index contributed by atoms with van der Waals surface area (Å²) in [4.78, 5) is 0. The van der Waals surface area contributed by atoms with Crippen molar-refractivity contribution >= 4 is 0 Å². The Morgan fingerprint density at radius 2 is 2.00 bits per heavy atom. The van der Waals surface area contributed by atoms with E-state index >= 15 is 0 Å². The molecule has 17 heavy (non-hydrogen) atoms. The number of benzene rings is 1. The van der Waals surface area contributed by atoms with E-state index in [0.717, 1.165) is 31.3 Å². The third-order valence-corrected chi connectivity index (χ3v) is 3.68. The van der Waals surface area contributed by atoms with Gasteiger partial charge in [-0.05, 0) is 48.8 Å². The lowest BCUT2D eigenvalue weighted by Gasteiger charge is -2.33. The molecular weight excluding hydrogens is 206 g/mol. The van der Waals surface area contributed by atoms with Gasteiger partial charge < -0.3 is 5.32 Å². The van der Waals surface area contributed by atoms with E-state index in [-0.39, 0.29) is 0 Å². The van der Waals surface area contributed by atoms with Crippen LogP contribution in [0.15, 0.2) is 36.9 Å². The van der Waals surface area contributed by atoms with Crippen molar-refractivity contribution in [1.29, 1.82) is 0 Å². The Balaban J connectivity index is 1.79. The van der Waals surface area contributed by atoms with Crippen LogP contribution in [0, 0.1) is 5.92 Å². The quantitative estimate of drug-likeness (QED) is 0.577. The molecule has 0 aromatic heterocycles. The molecule has 0 saturated heterocycles. The largest absolute Gasteiger partial charge is 0.312 e. The minimum Gasteiger partial charge on any atom is -0.312 e. The summed E-state index contributed by atoms with van der Waals surface area (Å²) >= 11 is 0. The SMILES string of the molecule is C=CCCNCc1ccc(C2CC(C)C2)cc1. The molecular formula is C16H23N. The molecule has 0 bridgehead atoms. The van der Waals surface area contributed by atoms with Crippen LogP contribution in [0.2, 0.25) is 0 Å². The van der Waals surface area contributed by atoms with Gasteiger partial charge in [0.15, 0.2) is 0 Å². The molecule has 0 unspecified atom stereocenters. The number of hydrogen-bond acceptors (Lipinski definition) is 1. The molecule has 0 radical (unpaired) electrons. The van der Waals surface area contributed by atoms with Gasteiger partial charge in [0.1, 0.15) is 0 Å². The van der Waals surface area contributed by atoms with Gasteiger partial charge in [-0.3, -0.25) is 0 Å². The molecule has 1 aromatic carbocycles. The first-order chi connectivity index (χ1) is 8.29. The third-order valence-electron chi connectivity index (χ3n) is 3.68. The Kier molecular flexibility index (Phi) is 4.38. The van der Waals surface area contributed by atoms with Crippen molar-refractivity contribution in [2.45, 2.75) is 38.6 Å². The highest BCUT2D eigenvalue weighted by Crippen LogP contribution is 2.40. The molecule has 1 nitrogen and oxygen atoms in total. The standard InChI is InChI=1S/C16H23N/c1-3-4-9-17-12-14-5-7-15(8-6-14)16-10-13(2)11-16/h3,5-8,13,16-17H,1,4,9-12H2,2H3. The molecule has 1 N–H and O–H groups in total. The molecule has 0 amide bonds. The van der Waals surface area contributed by atoms with Gasteiger partial charge in [0.05, 0.1) is 0 Å². The topological polar surface area (TPSA) is 12.0 Å². The number of rotatable bonds is 6. The highest BCUT2D eigenvalue weighted by molar-refractivity contribution is 5.26. The zero-order valence-electron chi connectivity index (χ0n) is 10.8. The molecule has 1 aromatic rings. The molecule has 1 aliphatic carbocycles. The Labute approximate surface area is 105 Å². The van der Waals surface area contributed by atoms with Crippen LogP contribution in [0.4, 0.5) is 0 Å². The zero-order valence-corrected chi connectivity index (χ0v) is 10.8. The van der Waals surface area contributed by atoms with Crippen molar-refractivity contribution in [3.05, 3.63) is 48.0 Å². The maximum atomic E-state index is 3.72. The molecule has 1 heteroatoms. The molecule has 1 fully saturated rings. The molecule has 2 rings (SSSR count). The first-order valence-electron chi connectivity index (χ1n) is 6.70. The maximum Gasteiger partial charge on any atom is 0.0205 e. The number of nitrogens with one attached hydrogen (secondary N) is 1. The minimum atomic E-state index is 0.827. The van der Waals surface area contributed by atoms with Gasteiger partial charge >= 0.3 is 0 Å². The summed E-state index contributed by atoms with van der Waals surface area (Å²) in [6, 6.07) is 9.14. The van der Waals surface area contributed by atoms with Gasteiger partial charge in [0, 0.05) is 6.54 Å². The van der Waals surface area contributed by atoms with E-state index in [1.165, 1.54) is 24.0 Å². The Bertz CT molecular complexity index is 346. The highest BCUT2D eigenvalue weighted by atomic mass is 14.8. The maximum absolute atomic E-state index is 3.72. The van der Waals surface area contributed by atoms with Crippen molar-refractivity contribution in [2.75, 3.05) is 6.54 Å². The number of hydrogen-bond donors (Lipinski definition) is 1. The summed E-state index contributed by atoms with van der Waals surface area (Å²) < 4.78 is 0. The normalized spacial score (nSPS) is 23.1. The first kappa shape index (κ1) is 12.4. The highest BCUT2D eigenvalue weighted by Gasteiger charge is 2.26. The average Bonchev–Trinajstić information content (AvgIpc) is 2.32. The summed E-state index contributed by atoms with van der Waals surface area (Å²) in [5, 5.41) is 3.42. The lowest BCUT2D eigenvalue weighted by Crippen LogP contribution is -2.19. The molecule has 0 spiro atoms. The molecule has 1 saturated carbocycles. The summed E-state index contributed by atoms with van der Waals surface area (Å²) in [5.41, 5.74) is 2.91. The van der Waals surface area contributed by atoms with Gasteiger partial charge in [-0.15, -0.1) is 6.58 Å². The van der Waals surface area contributed by atoms with Gasteiger partial charge in [0.2, 0.25) is 0 Å². The van der Waals surface area contributed by atoms with Crippen molar-refractivity contribution in [1.82, 2.24) is 5.32 Å². The smallest absolute Gasteiger partial charge is 0.0205 e. The second-order valence-electron chi connectivity index (χ2n) is 5.27. The Hall–Kier alpha value is -1.08. The van der Waals surface area contributed by atoms with Crippen LogP contribution in [0.25, 0.3) is 0 Å². The second-order valence-corrected chi connectivity index (χ2v) is 5.27. The van der Waals surface area contributed by atoms with Crippen molar-refractivity contribution < 1.29 is 0 Å². The first-order valence-corrected chi connectivity index (χ1v) is 6.70.